The zero-order valence-electron chi connectivity index (χ0n) is 14.6. The molecule has 1 aromatic carbocycles. The van der Waals surface area contributed by atoms with Gasteiger partial charge in [0.15, 0.2) is 0 Å². The number of amides is 1. The third kappa shape index (κ3) is 3.56. The van der Waals surface area contributed by atoms with Crippen LogP contribution in [0.1, 0.15) is 28.5 Å². The van der Waals surface area contributed by atoms with Crippen molar-refractivity contribution < 1.29 is 4.79 Å². The quantitative estimate of drug-likeness (QED) is 0.731. The molecule has 0 unspecified atom stereocenters. The van der Waals surface area contributed by atoms with E-state index in [1.807, 2.05) is 48.4 Å². The molecule has 0 saturated heterocycles. The molecule has 3 aromatic rings. The summed E-state index contributed by atoms with van der Waals surface area (Å²) in [6.07, 6.45) is 5.89. The Bertz CT molecular complexity index is 940. The van der Waals surface area contributed by atoms with Gasteiger partial charge in [-0.05, 0) is 18.6 Å². The number of fused-ring (bicyclic) bond motifs is 1. The van der Waals surface area contributed by atoms with Gasteiger partial charge in [0.2, 0.25) is 5.91 Å². The topological polar surface area (TPSA) is 79.7 Å². The third-order valence-electron chi connectivity index (χ3n) is 4.40. The summed E-state index contributed by atoms with van der Waals surface area (Å²) >= 11 is 0. The number of hydrogen-bond acceptors (Lipinski definition) is 4. The molecule has 0 aliphatic carbocycles. The van der Waals surface area contributed by atoms with Gasteiger partial charge in [-0.1, -0.05) is 35.5 Å². The largest absolute Gasteiger partial charge is 0.344 e. The Morgan fingerprint density at radius 1 is 1.31 bits per heavy atom. The lowest BCUT2D eigenvalue weighted by Gasteiger charge is -2.24. The number of aromatic amines is 1. The zero-order valence-corrected chi connectivity index (χ0v) is 14.6. The molecule has 3 heterocycles. The van der Waals surface area contributed by atoms with Crippen molar-refractivity contribution >= 4 is 12.0 Å². The lowest BCUT2D eigenvalue weighted by molar-refractivity contribution is -0.126. The van der Waals surface area contributed by atoms with E-state index in [1.54, 1.807) is 16.8 Å². The maximum absolute atomic E-state index is 12.4. The average Bonchev–Trinajstić information content (AvgIpc) is 3.25. The molecule has 4 rings (SSSR count). The number of nitrogens with zero attached hydrogens (tertiary/aromatic N) is 5. The van der Waals surface area contributed by atoms with Crippen LogP contribution >= 0.6 is 0 Å². The SMILES string of the molecule is Cc1nc2c([nH]1)CN(C(=O)/C=C/c1cn(Cc3ccccc3)nn1)CC2. The number of H-pyrrole nitrogens is 1. The fraction of sp³-hybridized carbons (Fsp3) is 0.263. The standard InChI is InChI=1S/C19H20N6O/c1-14-20-17-9-10-24(13-18(17)21-14)19(26)8-7-16-12-25(23-22-16)11-15-5-3-2-4-6-15/h2-8,12H,9-11,13H2,1H3,(H,20,21)/b8-7+. The fourth-order valence-corrected chi connectivity index (χ4v) is 3.12. The van der Waals surface area contributed by atoms with Gasteiger partial charge in [-0.15, -0.1) is 5.10 Å². The number of benzene rings is 1. The first-order valence-electron chi connectivity index (χ1n) is 8.63. The van der Waals surface area contributed by atoms with E-state index in [1.165, 1.54) is 0 Å². The Morgan fingerprint density at radius 3 is 3.00 bits per heavy atom. The van der Waals surface area contributed by atoms with Crippen LogP contribution in [-0.2, 0) is 24.3 Å². The van der Waals surface area contributed by atoms with Crippen LogP contribution in [0.2, 0.25) is 0 Å². The molecule has 0 atom stereocenters. The van der Waals surface area contributed by atoms with Crippen LogP contribution in [0, 0.1) is 6.92 Å². The minimum atomic E-state index is -0.0273. The first-order chi connectivity index (χ1) is 12.7. The first-order valence-corrected chi connectivity index (χ1v) is 8.63. The highest BCUT2D eigenvalue weighted by Crippen LogP contribution is 2.17. The molecule has 0 radical (unpaired) electrons. The van der Waals surface area contributed by atoms with E-state index in [-0.39, 0.29) is 5.91 Å². The zero-order chi connectivity index (χ0) is 17.9. The van der Waals surface area contributed by atoms with Crippen LogP contribution in [0.15, 0.2) is 42.6 Å². The molecule has 7 nitrogen and oxygen atoms in total. The molecule has 1 amide bonds. The first kappa shape index (κ1) is 16.3. The van der Waals surface area contributed by atoms with Gasteiger partial charge in [-0.25, -0.2) is 9.67 Å². The lowest BCUT2D eigenvalue weighted by atomic mass is 10.1. The number of hydrogen-bond donors (Lipinski definition) is 1. The summed E-state index contributed by atoms with van der Waals surface area (Å²) in [7, 11) is 0. The van der Waals surface area contributed by atoms with Gasteiger partial charge in [-0.2, -0.15) is 0 Å². The van der Waals surface area contributed by atoms with Crippen molar-refractivity contribution in [3.8, 4) is 0 Å². The molecule has 2 aromatic heterocycles. The van der Waals surface area contributed by atoms with Crippen LogP contribution in [0.4, 0.5) is 0 Å². The monoisotopic (exact) mass is 348 g/mol. The summed E-state index contributed by atoms with van der Waals surface area (Å²) in [6.45, 7) is 3.84. The molecule has 7 heteroatoms. The summed E-state index contributed by atoms with van der Waals surface area (Å²) in [5, 5.41) is 8.22. The number of carbonyl (C=O) groups excluding carboxylic acids is 1. The van der Waals surface area contributed by atoms with E-state index in [0.717, 1.165) is 29.2 Å². The summed E-state index contributed by atoms with van der Waals surface area (Å²) in [5.74, 6) is 0.871. The van der Waals surface area contributed by atoms with E-state index in [0.29, 0.717) is 25.3 Å². The number of nitrogens with one attached hydrogen (secondary N) is 1. The van der Waals surface area contributed by atoms with Crippen LogP contribution in [0.5, 0.6) is 0 Å². The van der Waals surface area contributed by atoms with Gasteiger partial charge >= 0.3 is 0 Å². The van der Waals surface area contributed by atoms with Crippen molar-refractivity contribution in [2.24, 2.45) is 0 Å². The summed E-state index contributed by atoms with van der Waals surface area (Å²) in [5.41, 5.74) is 3.93. The second-order valence-corrected chi connectivity index (χ2v) is 6.42. The third-order valence-corrected chi connectivity index (χ3v) is 4.40. The van der Waals surface area contributed by atoms with Gasteiger partial charge in [0.05, 0.1) is 30.7 Å². The number of imidazole rings is 1. The number of rotatable bonds is 4. The van der Waals surface area contributed by atoms with E-state index in [2.05, 4.69) is 20.3 Å². The highest BCUT2D eigenvalue weighted by atomic mass is 16.2. The minimum Gasteiger partial charge on any atom is -0.344 e. The molecular formula is C19H20N6O. The summed E-state index contributed by atoms with van der Waals surface area (Å²) in [6, 6.07) is 10.1. The van der Waals surface area contributed by atoms with Crippen LogP contribution in [0.25, 0.3) is 6.08 Å². The van der Waals surface area contributed by atoms with Gasteiger partial charge in [0.1, 0.15) is 11.5 Å². The predicted octanol–water partition coefficient (Wildman–Crippen LogP) is 1.96. The molecule has 1 aliphatic rings. The van der Waals surface area contributed by atoms with Crippen LogP contribution in [0.3, 0.4) is 0 Å². The van der Waals surface area contributed by atoms with Crippen molar-refractivity contribution in [2.75, 3.05) is 6.54 Å². The number of carbonyl (C=O) groups is 1. The van der Waals surface area contributed by atoms with Crippen molar-refractivity contribution in [3.05, 3.63) is 71.1 Å². The average molecular weight is 348 g/mol. The van der Waals surface area contributed by atoms with Gasteiger partial charge in [-0.3, -0.25) is 4.79 Å². The van der Waals surface area contributed by atoms with Crippen molar-refractivity contribution in [1.29, 1.82) is 0 Å². The normalized spacial score (nSPS) is 14.0. The Morgan fingerprint density at radius 2 is 2.15 bits per heavy atom. The Labute approximate surface area is 151 Å². The smallest absolute Gasteiger partial charge is 0.246 e. The number of aryl methyl sites for hydroxylation is 1. The molecule has 1 N–H and O–H groups in total. The molecule has 0 bridgehead atoms. The predicted molar refractivity (Wildman–Crippen MR) is 97.0 cm³/mol. The summed E-state index contributed by atoms with van der Waals surface area (Å²) in [4.78, 5) is 21.9. The van der Waals surface area contributed by atoms with Crippen molar-refractivity contribution in [1.82, 2.24) is 29.9 Å². The van der Waals surface area contributed by atoms with Gasteiger partial charge in [0.25, 0.3) is 0 Å². The Hall–Kier alpha value is -3.22. The maximum atomic E-state index is 12.4. The minimum absolute atomic E-state index is 0.0273. The second kappa shape index (κ2) is 6.95. The van der Waals surface area contributed by atoms with E-state index < -0.39 is 0 Å². The molecule has 0 saturated carbocycles. The van der Waals surface area contributed by atoms with Crippen LogP contribution < -0.4 is 0 Å². The molecule has 0 spiro atoms. The molecule has 0 fully saturated rings. The van der Waals surface area contributed by atoms with E-state index in [9.17, 15) is 4.79 Å². The van der Waals surface area contributed by atoms with Crippen molar-refractivity contribution in [3.63, 3.8) is 0 Å². The Balaban J connectivity index is 1.38. The number of aromatic nitrogens is 5. The fourth-order valence-electron chi connectivity index (χ4n) is 3.12. The van der Waals surface area contributed by atoms with Crippen LogP contribution in [-0.4, -0.2) is 42.3 Å². The molecule has 26 heavy (non-hydrogen) atoms. The molecule has 132 valence electrons. The van der Waals surface area contributed by atoms with Gasteiger partial charge < -0.3 is 9.88 Å². The second-order valence-electron chi connectivity index (χ2n) is 6.42. The lowest BCUT2D eigenvalue weighted by Crippen LogP contribution is -2.34. The molecule has 1 aliphatic heterocycles. The highest BCUT2D eigenvalue weighted by molar-refractivity contribution is 5.91. The van der Waals surface area contributed by atoms with E-state index >= 15 is 0 Å². The van der Waals surface area contributed by atoms with Crippen molar-refractivity contribution in [2.45, 2.75) is 26.4 Å². The van der Waals surface area contributed by atoms with E-state index in [4.69, 9.17) is 0 Å². The highest BCUT2D eigenvalue weighted by Gasteiger charge is 2.21. The summed E-state index contributed by atoms with van der Waals surface area (Å²) < 4.78 is 1.76. The molecular weight excluding hydrogens is 328 g/mol. The maximum Gasteiger partial charge on any atom is 0.246 e. The Kier molecular flexibility index (Phi) is 4.35. The van der Waals surface area contributed by atoms with Gasteiger partial charge in [0, 0.05) is 19.0 Å².